The molecule has 0 radical (unpaired) electrons. The maximum absolute atomic E-state index is 12.7. The van der Waals surface area contributed by atoms with Crippen LogP contribution in [0.4, 0.5) is 0 Å². The number of ketones is 1. The fraction of sp³-hybridized carbons (Fsp3) is 0.435. The number of likely N-dealkylation sites (tertiary alicyclic amines) is 1. The number of carbonyl (C=O) groups excluding carboxylic acids is 2. The summed E-state index contributed by atoms with van der Waals surface area (Å²) >= 11 is 0. The molecule has 1 amide bonds. The minimum Gasteiger partial charge on any atom is -0.481 e. The van der Waals surface area contributed by atoms with Crippen molar-refractivity contribution in [1.29, 1.82) is 0 Å². The average Bonchev–Trinajstić information content (AvgIpc) is 3.21. The smallest absolute Gasteiger partial charge is 0.307 e. The summed E-state index contributed by atoms with van der Waals surface area (Å²) in [5, 5.41) is 14.1. The predicted molar refractivity (Wildman–Crippen MR) is 112 cm³/mol. The summed E-state index contributed by atoms with van der Waals surface area (Å²) < 4.78 is 0. The van der Waals surface area contributed by atoms with Crippen LogP contribution < -0.4 is 5.32 Å². The molecule has 2 unspecified atom stereocenters. The minimum absolute atomic E-state index is 0.0176. The molecule has 2 aromatic rings. The Hall–Kier alpha value is -2.73. The van der Waals surface area contributed by atoms with Crippen LogP contribution in [0.25, 0.3) is 10.8 Å². The molecule has 1 aliphatic heterocycles. The van der Waals surface area contributed by atoms with Crippen molar-refractivity contribution in [2.45, 2.75) is 38.6 Å². The van der Waals surface area contributed by atoms with Gasteiger partial charge < -0.3 is 15.3 Å². The van der Waals surface area contributed by atoms with Gasteiger partial charge in [0.2, 0.25) is 0 Å². The van der Waals surface area contributed by atoms with Gasteiger partial charge >= 0.3 is 5.97 Å². The molecule has 2 atom stereocenters. The maximum atomic E-state index is 12.7. The van der Waals surface area contributed by atoms with Crippen molar-refractivity contribution < 1.29 is 19.5 Å². The highest BCUT2D eigenvalue weighted by Gasteiger charge is 2.28. The summed E-state index contributed by atoms with van der Waals surface area (Å²) in [6.07, 6.45) is 2.33. The number of carboxylic acids is 1. The van der Waals surface area contributed by atoms with Crippen LogP contribution >= 0.6 is 0 Å². The maximum Gasteiger partial charge on any atom is 0.307 e. The van der Waals surface area contributed by atoms with E-state index in [9.17, 15) is 14.4 Å². The van der Waals surface area contributed by atoms with Gasteiger partial charge in [0.25, 0.3) is 5.91 Å². The lowest BCUT2D eigenvalue weighted by Crippen LogP contribution is -2.41. The Bertz CT molecular complexity index is 895. The molecular formula is C23H28N2O4. The number of aliphatic carboxylic acids is 1. The second-order valence-electron chi connectivity index (χ2n) is 7.67. The van der Waals surface area contributed by atoms with Gasteiger partial charge in [-0.05, 0) is 55.3 Å². The quantitative estimate of drug-likeness (QED) is 0.680. The van der Waals surface area contributed by atoms with Crippen LogP contribution in [0.15, 0.2) is 42.5 Å². The number of hydrogen-bond donors (Lipinski definition) is 2. The number of amides is 1. The third-order valence-electron chi connectivity index (χ3n) is 5.64. The fourth-order valence-electron chi connectivity index (χ4n) is 3.89. The van der Waals surface area contributed by atoms with Gasteiger partial charge in [0.05, 0.1) is 12.0 Å². The van der Waals surface area contributed by atoms with Crippen molar-refractivity contribution in [2.24, 2.45) is 5.92 Å². The topological polar surface area (TPSA) is 86.7 Å². The highest BCUT2D eigenvalue weighted by atomic mass is 16.4. The van der Waals surface area contributed by atoms with E-state index in [0.29, 0.717) is 31.4 Å². The largest absolute Gasteiger partial charge is 0.481 e. The lowest BCUT2D eigenvalue weighted by molar-refractivity contribution is -0.141. The van der Waals surface area contributed by atoms with Crippen molar-refractivity contribution in [1.82, 2.24) is 10.2 Å². The number of nitrogens with zero attached hydrogens (tertiary/aromatic N) is 1. The van der Waals surface area contributed by atoms with E-state index in [1.807, 2.05) is 36.4 Å². The molecule has 3 rings (SSSR count). The Kier molecular flexibility index (Phi) is 6.99. The number of nitrogens with one attached hydrogen (secondary N) is 1. The number of carboxylic acid groups (broad SMARTS) is 1. The number of fused-ring (bicyclic) bond motifs is 1. The molecule has 0 spiro atoms. The van der Waals surface area contributed by atoms with Crippen molar-refractivity contribution in [3.05, 3.63) is 48.0 Å². The molecule has 29 heavy (non-hydrogen) atoms. The Morgan fingerprint density at radius 2 is 1.93 bits per heavy atom. The number of Topliss-reactive ketones (excluding diaryl/α,β-unsaturated/α-hetero) is 1. The first kappa shape index (κ1) is 21.0. The molecule has 0 aromatic heterocycles. The molecule has 154 valence electrons. The van der Waals surface area contributed by atoms with Gasteiger partial charge in [-0.25, -0.2) is 0 Å². The summed E-state index contributed by atoms with van der Waals surface area (Å²) in [6.45, 7) is 3.87. The average molecular weight is 396 g/mol. The Morgan fingerprint density at radius 1 is 1.17 bits per heavy atom. The summed E-state index contributed by atoms with van der Waals surface area (Å²) in [5.74, 6) is -1.26. The molecule has 1 heterocycles. The third kappa shape index (κ3) is 5.41. The lowest BCUT2D eigenvalue weighted by atomic mass is 10.0. The molecule has 1 aliphatic rings. The molecule has 0 saturated carbocycles. The minimum atomic E-state index is -0.741. The number of hydrogen-bond acceptors (Lipinski definition) is 4. The molecule has 2 aromatic carbocycles. The first-order chi connectivity index (χ1) is 14.0. The van der Waals surface area contributed by atoms with Crippen LogP contribution in [-0.4, -0.2) is 53.3 Å². The van der Waals surface area contributed by atoms with Gasteiger partial charge in [-0.2, -0.15) is 0 Å². The van der Waals surface area contributed by atoms with Crippen LogP contribution in [-0.2, 0) is 9.59 Å². The molecule has 0 bridgehead atoms. The summed E-state index contributed by atoms with van der Waals surface area (Å²) in [7, 11) is 0. The molecule has 2 N–H and O–H groups in total. The number of benzene rings is 2. The van der Waals surface area contributed by atoms with Crippen LogP contribution in [0.5, 0.6) is 0 Å². The molecule has 0 aliphatic carbocycles. The standard InChI is InChI=1S/C23H28N2O4/c1-2-21(26)20(8-5-12-25-13-11-19(15-25)23(28)29)24-22(27)18-10-9-16-6-3-4-7-17(16)14-18/h3-4,6-7,9-10,14,19-20H,2,5,8,11-13,15H2,1H3,(H,24,27)(H,28,29). The predicted octanol–water partition coefficient (Wildman–Crippen LogP) is 3.10. The molecular weight excluding hydrogens is 368 g/mol. The van der Waals surface area contributed by atoms with Crippen molar-refractivity contribution >= 4 is 28.4 Å². The van der Waals surface area contributed by atoms with Crippen molar-refractivity contribution in [2.75, 3.05) is 19.6 Å². The number of rotatable bonds is 9. The van der Waals surface area contributed by atoms with Gasteiger partial charge in [-0.1, -0.05) is 37.3 Å². The van der Waals surface area contributed by atoms with Gasteiger partial charge in [-0.3, -0.25) is 14.4 Å². The van der Waals surface area contributed by atoms with E-state index in [1.165, 1.54) is 0 Å². The zero-order valence-electron chi connectivity index (χ0n) is 16.8. The Labute approximate surface area is 170 Å². The van der Waals surface area contributed by atoms with E-state index in [1.54, 1.807) is 13.0 Å². The molecule has 1 saturated heterocycles. The van der Waals surface area contributed by atoms with E-state index in [0.717, 1.165) is 30.3 Å². The van der Waals surface area contributed by atoms with E-state index >= 15 is 0 Å². The zero-order chi connectivity index (χ0) is 20.8. The second-order valence-corrected chi connectivity index (χ2v) is 7.67. The Morgan fingerprint density at radius 3 is 2.62 bits per heavy atom. The van der Waals surface area contributed by atoms with Crippen LogP contribution in [0.2, 0.25) is 0 Å². The summed E-state index contributed by atoms with van der Waals surface area (Å²) in [6, 6.07) is 12.9. The van der Waals surface area contributed by atoms with Crippen LogP contribution in [0.3, 0.4) is 0 Å². The third-order valence-corrected chi connectivity index (χ3v) is 5.64. The molecule has 6 nitrogen and oxygen atoms in total. The van der Waals surface area contributed by atoms with Crippen LogP contribution in [0, 0.1) is 5.92 Å². The first-order valence-corrected chi connectivity index (χ1v) is 10.3. The van der Waals surface area contributed by atoms with E-state index < -0.39 is 12.0 Å². The highest BCUT2D eigenvalue weighted by molar-refractivity contribution is 6.00. The van der Waals surface area contributed by atoms with Crippen molar-refractivity contribution in [3.63, 3.8) is 0 Å². The molecule has 6 heteroatoms. The number of carbonyl (C=O) groups is 3. The summed E-state index contributed by atoms with van der Waals surface area (Å²) in [4.78, 5) is 38.3. The zero-order valence-corrected chi connectivity index (χ0v) is 16.8. The van der Waals surface area contributed by atoms with Crippen LogP contribution in [0.1, 0.15) is 43.0 Å². The highest BCUT2D eigenvalue weighted by Crippen LogP contribution is 2.18. The second kappa shape index (κ2) is 9.65. The fourth-order valence-corrected chi connectivity index (χ4v) is 3.89. The lowest BCUT2D eigenvalue weighted by Gasteiger charge is -2.20. The van der Waals surface area contributed by atoms with Gasteiger partial charge in [0.1, 0.15) is 0 Å². The van der Waals surface area contributed by atoms with E-state index in [-0.39, 0.29) is 17.6 Å². The first-order valence-electron chi connectivity index (χ1n) is 10.3. The Balaban J connectivity index is 1.57. The summed E-state index contributed by atoms with van der Waals surface area (Å²) in [5.41, 5.74) is 0.543. The monoisotopic (exact) mass is 396 g/mol. The van der Waals surface area contributed by atoms with Gasteiger partial charge in [0, 0.05) is 18.5 Å². The van der Waals surface area contributed by atoms with E-state index in [4.69, 9.17) is 5.11 Å². The van der Waals surface area contributed by atoms with Gasteiger partial charge in [-0.15, -0.1) is 0 Å². The van der Waals surface area contributed by atoms with E-state index in [2.05, 4.69) is 10.2 Å². The normalized spacial score (nSPS) is 17.9. The van der Waals surface area contributed by atoms with Crippen molar-refractivity contribution in [3.8, 4) is 0 Å². The SMILES string of the molecule is CCC(=O)C(CCCN1CCC(C(=O)O)C1)NC(=O)c1ccc2ccccc2c1. The molecule has 1 fully saturated rings. The van der Waals surface area contributed by atoms with Gasteiger partial charge in [0.15, 0.2) is 5.78 Å².